The van der Waals surface area contributed by atoms with E-state index in [9.17, 15) is 0 Å². The first-order valence-electron chi connectivity index (χ1n) is 8.42. The molecule has 1 heterocycles. The van der Waals surface area contributed by atoms with Crippen molar-refractivity contribution in [2.75, 3.05) is 19.8 Å². The first kappa shape index (κ1) is 18.7. The number of aromatic nitrogens is 3. The van der Waals surface area contributed by atoms with Crippen LogP contribution in [-0.2, 0) is 0 Å². The van der Waals surface area contributed by atoms with Gasteiger partial charge in [-0.05, 0) is 36.8 Å². The van der Waals surface area contributed by atoms with Crippen LogP contribution in [0.25, 0.3) is 0 Å². The van der Waals surface area contributed by atoms with Gasteiger partial charge in [-0.3, -0.25) is 0 Å². The van der Waals surface area contributed by atoms with Gasteiger partial charge in [0, 0.05) is 0 Å². The normalized spacial score (nSPS) is 10.9. The molecule has 27 heavy (non-hydrogen) atoms. The van der Waals surface area contributed by atoms with Gasteiger partial charge in [0.05, 0.1) is 17.8 Å². The molecule has 0 aliphatic heterocycles. The summed E-state index contributed by atoms with van der Waals surface area (Å²) in [5, 5.41) is 12.0. The van der Waals surface area contributed by atoms with Gasteiger partial charge in [0.2, 0.25) is 0 Å². The first-order valence-corrected chi connectivity index (χ1v) is 8.80. The third kappa shape index (κ3) is 5.46. The molecule has 0 saturated carbocycles. The SMILES string of the molecule is CCOc1cc(C=Nn2cnnc2)cc(Cl)c1OCCOc1ccccc1. The Bertz CT molecular complexity index is 870. The van der Waals surface area contributed by atoms with Crippen LogP contribution in [0.2, 0.25) is 5.02 Å². The second-order valence-electron chi connectivity index (χ2n) is 5.36. The maximum Gasteiger partial charge on any atom is 0.179 e. The molecule has 7 nitrogen and oxygen atoms in total. The van der Waals surface area contributed by atoms with E-state index in [2.05, 4.69) is 15.3 Å². The number of hydrogen-bond donors (Lipinski definition) is 0. The molecule has 3 aromatic rings. The minimum absolute atomic E-state index is 0.336. The molecule has 140 valence electrons. The highest BCUT2D eigenvalue weighted by molar-refractivity contribution is 6.32. The summed E-state index contributed by atoms with van der Waals surface area (Å²) in [6.07, 6.45) is 4.62. The summed E-state index contributed by atoms with van der Waals surface area (Å²) in [4.78, 5) is 0. The molecule has 0 spiro atoms. The second kappa shape index (κ2) is 9.59. The lowest BCUT2D eigenvalue weighted by molar-refractivity contribution is 0.208. The number of rotatable bonds is 9. The zero-order valence-corrected chi connectivity index (χ0v) is 15.5. The van der Waals surface area contributed by atoms with Crippen LogP contribution in [0.5, 0.6) is 17.2 Å². The molecule has 0 atom stereocenters. The van der Waals surface area contributed by atoms with Crippen molar-refractivity contribution >= 4 is 17.8 Å². The van der Waals surface area contributed by atoms with Gasteiger partial charge in [-0.1, -0.05) is 29.8 Å². The molecule has 0 saturated heterocycles. The monoisotopic (exact) mass is 386 g/mol. The minimum Gasteiger partial charge on any atom is -0.490 e. The van der Waals surface area contributed by atoms with Gasteiger partial charge in [0.15, 0.2) is 11.5 Å². The third-order valence-corrected chi connectivity index (χ3v) is 3.70. The van der Waals surface area contributed by atoms with Crippen LogP contribution >= 0.6 is 11.6 Å². The summed E-state index contributed by atoms with van der Waals surface area (Å²) < 4.78 is 18.6. The molecular formula is C19H19ClN4O3. The minimum atomic E-state index is 0.336. The number of halogens is 1. The molecule has 0 aliphatic rings. The third-order valence-electron chi connectivity index (χ3n) is 3.42. The van der Waals surface area contributed by atoms with Gasteiger partial charge in [0.25, 0.3) is 0 Å². The van der Waals surface area contributed by atoms with E-state index in [1.165, 1.54) is 17.3 Å². The zero-order chi connectivity index (χ0) is 18.9. The first-order chi connectivity index (χ1) is 13.3. The van der Waals surface area contributed by atoms with Crippen molar-refractivity contribution in [3.63, 3.8) is 0 Å². The largest absolute Gasteiger partial charge is 0.490 e. The Morgan fingerprint density at radius 2 is 1.78 bits per heavy atom. The average molecular weight is 387 g/mol. The molecule has 0 bridgehead atoms. The molecule has 0 aliphatic carbocycles. The second-order valence-corrected chi connectivity index (χ2v) is 5.77. The highest BCUT2D eigenvalue weighted by atomic mass is 35.5. The lowest BCUT2D eigenvalue weighted by atomic mass is 10.2. The van der Waals surface area contributed by atoms with Crippen LogP contribution < -0.4 is 14.2 Å². The Morgan fingerprint density at radius 1 is 1.04 bits per heavy atom. The van der Waals surface area contributed by atoms with E-state index in [-0.39, 0.29) is 0 Å². The average Bonchev–Trinajstić information content (AvgIpc) is 3.20. The fourth-order valence-corrected chi connectivity index (χ4v) is 2.55. The van der Waals surface area contributed by atoms with E-state index in [1.54, 1.807) is 12.3 Å². The summed E-state index contributed by atoms with van der Waals surface area (Å²) in [6.45, 7) is 3.11. The molecule has 2 aromatic carbocycles. The molecule has 0 N–H and O–H groups in total. The van der Waals surface area contributed by atoms with Crippen molar-refractivity contribution in [3.05, 3.63) is 65.7 Å². The van der Waals surface area contributed by atoms with Crippen LogP contribution in [0.3, 0.4) is 0 Å². The fraction of sp³-hybridized carbons (Fsp3) is 0.211. The Kier molecular flexibility index (Phi) is 6.65. The smallest absolute Gasteiger partial charge is 0.179 e. The lowest BCUT2D eigenvalue weighted by Gasteiger charge is -2.14. The van der Waals surface area contributed by atoms with E-state index in [0.717, 1.165) is 11.3 Å². The zero-order valence-electron chi connectivity index (χ0n) is 14.8. The summed E-state index contributed by atoms with van der Waals surface area (Å²) in [5.41, 5.74) is 0.769. The van der Waals surface area contributed by atoms with Gasteiger partial charge in [-0.15, -0.1) is 10.2 Å². The van der Waals surface area contributed by atoms with Gasteiger partial charge in [-0.2, -0.15) is 5.10 Å². The van der Waals surface area contributed by atoms with Gasteiger partial charge >= 0.3 is 0 Å². The molecule has 3 rings (SSSR count). The quantitative estimate of drug-likeness (QED) is 0.414. The van der Waals surface area contributed by atoms with Crippen LogP contribution in [0.4, 0.5) is 0 Å². The number of para-hydroxylation sites is 1. The molecule has 8 heteroatoms. The van der Waals surface area contributed by atoms with Crippen LogP contribution in [0.15, 0.2) is 60.2 Å². The molecule has 0 unspecified atom stereocenters. The predicted molar refractivity (Wildman–Crippen MR) is 103 cm³/mol. The van der Waals surface area contributed by atoms with Gasteiger partial charge in [-0.25, -0.2) is 4.68 Å². The molecular weight excluding hydrogens is 368 g/mol. The van der Waals surface area contributed by atoms with E-state index in [0.29, 0.717) is 36.3 Å². The highest BCUT2D eigenvalue weighted by Crippen LogP contribution is 2.36. The summed E-state index contributed by atoms with van der Waals surface area (Å²) in [5.74, 6) is 1.82. The van der Waals surface area contributed by atoms with E-state index < -0.39 is 0 Å². The van der Waals surface area contributed by atoms with E-state index in [1.807, 2.05) is 43.3 Å². The predicted octanol–water partition coefficient (Wildman–Crippen LogP) is 3.67. The van der Waals surface area contributed by atoms with Crippen molar-refractivity contribution in [1.29, 1.82) is 0 Å². The summed E-state index contributed by atoms with van der Waals surface area (Å²) in [7, 11) is 0. The topological polar surface area (TPSA) is 70.8 Å². The Labute approximate surface area is 162 Å². The molecule has 0 radical (unpaired) electrons. The number of hydrogen-bond acceptors (Lipinski definition) is 6. The van der Waals surface area contributed by atoms with Crippen LogP contribution in [0, 0.1) is 0 Å². The summed E-state index contributed by atoms with van der Waals surface area (Å²) >= 11 is 6.39. The number of benzene rings is 2. The maximum atomic E-state index is 6.39. The highest BCUT2D eigenvalue weighted by Gasteiger charge is 2.12. The maximum absolute atomic E-state index is 6.39. The Balaban J connectivity index is 1.66. The molecule has 0 fully saturated rings. The summed E-state index contributed by atoms with van der Waals surface area (Å²) in [6, 6.07) is 13.1. The van der Waals surface area contributed by atoms with E-state index >= 15 is 0 Å². The standard InChI is InChI=1S/C19H19ClN4O3/c1-2-25-18-11-15(12-23-24-13-21-22-14-24)10-17(20)19(18)27-9-8-26-16-6-4-3-5-7-16/h3-7,10-14H,2,8-9H2,1H3. The van der Waals surface area contributed by atoms with Crippen LogP contribution in [0.1, 0.15) is 12.5 Å². The Hall–Kier alpha value is -3.06. The van der Waals surface area contributed by atoms with Gasteiger partial charge in [0.1, 0.15) is 31.6 Å². The molecule has 1 aromatic heterocycles. The van der Waals surface area contributed by atoms with Crippen LogP contribution in [-0.4, -0.2) is 40.9 Å². The van der Waals surface area contributed by atoms with Crippen molar-refractivity contribution in [2.24, 2.45) is 5.10 Å². The van der Waals surface area contributed by atoms with Crippen molar-refractivity contribution in [1.82, 2.24) is 14.9 Å². The number of ether oxygens (including phenoxy) is 3. The van der Waals surface area contributed by atoms with Crippen molar-refractivity contribution in [3.8, 4) is 17.2 Å². The van der Waals surface area contributed by atoms with Gasteiger partial charge < -0.3 is 14.2 Å². The van der Waals surface area contributed by atoms with Crippen molar-refractivity contribution in [2.45, 2.75) is 6.92 Å². The fourth-order valence-electron chi connectivity index (χ4n) is 2.27. The lowest BCUT2D eigenvalue weighted by Crippen LogP contribution is -2.10. The van der Waals surface area contributed by atoms with E-state index in [4.69, 9.17) is 25.8 Å². The number of nitrogens with zero attached hydrogens (tertiary/aromatic N) is 4. The molecule has 0 amide bonds. The Morgan fingerprint density at radius 3 is 2.52 bits per heavy atom. The van der Waals surface area contributed by atoms with Crippen molar-refractivity contribution < 1.29 is 14.2 Å².